The van der Waals surface area contributed by atoms with Gasteiger partial charge in [-0.1, -0.05) is 23.9 Å². The number of hydrogen-bond donors (Lipinski definition) is 4. The van der Waals surface area contributed by atoms with Crippen molar-refractivity contribution in [3.8, 4) is 0 Å². The van der Waals surface area contributed by atoms with Crippen LogP contribution < -0.4 is 10.6 Å². The van der Waals surface area contributed by atoms with Crippen LogP contribution in [-0.2, 0) is 11.3 Å². The molecule has 1 amide bonds. The third-order valence-electron chi connectivity index (χ3n) is 5.64. The van der Waals surface area contributed by atoms with Gasteiger partial charge in [-0.05, 0) is 50.0 Å². The number of benzene rings is 1. The number of nitrogens with zero attached hydrogens (tertiary/aromatic N) is 2. The molecule has 1 aromatic carbocycles. The minimum absolute atomic E-state index is 0.0591. The van der Waals surface area contributed by atoms with Crippen molar-refractivity contribution in [2.45, 2.75) is 44.2 Å². The van der Waals surface area contributed by atoms with Gasteiger partial charge in [0, 0.05) is 42.6 Å². The summed E-state index contributed by atoms with van der Waals surface area (Å²) in [5, 5.41) is 23.0. The Morgan fingerprint density at radius 1 is 1.19 bits per heavy atom. The lowest BCUT2D eigenvalue weighted by Gasteiger charge is -2.23. The highest BCUT2D eigenvalue weighted by molar-refractivity contribution is 8.15. The summed E-state index contributed by atoms with van der Waals surface area (Å²) in [6, 6.07) is 7.69. The van der Waals surface area contributed by atoms with E-state index in [1.165, 1.54) is 18.1 Å². The Morgan fingerprint density at radius 2 is 1.91 bits per heavy atom. The number of carbonyl (C=O) groups excluding carboxylic acids is 1. The van der Waals surface area contributed by atoms with Gasteiger partial charge in [-0.15, -0.1) is 0 Å². The molecule has 4 rings (SSSR count). The molecular formula is C23H26N6O2S. The summed E-state index contributed by atoms with van der Waals surface area (Å²) in [5.74, 6) is 0.604. The van der Waals surface area contributed by atoms with Gasteiger partial charge in [0.15, 0.2) is 0 Å². The summed E-state index contributed by atoms with van der Waals surface area (Å²) in [4.78, 5) is 22.0. The molecule has 0 spiro atoms. The summed E-state index contributed by atoms with van der Waals surface area (Å²) in [5.41, 5.74) is 4.22. The molecule has 2 aliphatic rings. The van der Waals surface area contributed by atoms with Crippen LogP contribution in [0.4, 0.5) is 5.82 Å². The molecule has 3 heterocycles. The van der Waals surface area contributed by atoms with Crippen molar-refractivity contribution in [2.75, 3.05) is 18.5 Å². The van der Waals surface area contributed by atoms with Crippen LogP contribution in [0, 0.1) is 10.8 Å². The van der Waals surface area contributed by atoms with Crippen molar-refractivity contribution in [1.29, 1.82) is 10.8 Å². The van der Waals surface area contributed by atoms with Crippen LogP contribution in [0.2, 0.25) is 0 Å². The highest BCUT2D eigenvalue weighted by Crippen LogP contribution is 2.44. The molecule has 0 atom stereocenters. The largest absolute Gasteiger partial charge is 0.381 e. The topological polar surface area (TPSA) is 124 Å². The highest BCUT2D eigenvalue weighted by Gasteiger charge is 2.29. The molecule has 2 aromatic rings. The fourth-order valence-electron chi connectivity index (χ4n) is 3.64. The maximum Gasteiger partial charge on any atom is 0.251 e. The average Bonchev–Trinajstić information content (AvgIpc) is 3.14. The van der Waals surface area contributed by atoms with E-state index < -0.39 is 0 Å². The van der Waals surface area contributed by atoms with E-state index in [2.05, 4.69) is 20.6 Å². The zero-order chi connectivity index (χ0) is 22.7. The van der Waals surface area contributed by atoms with Gasteiger partial charge in [-0.25, -0.2) is 9.97 Å². The van der Waals surface area contributed by atoms with Crippen LogP contribution in [0.15, 0.2) is 41.1 Å². The van der Waals surface area contributed by atoms with E-state index in [1.54, 1.807) is 6.92 Å². The number of fused-ring (bicyclic) bond motifs is 1. The van der Waals surface area contributed by atoms with Gasteiger partial charge in [0.25, 0.3) is 5.91 Å². The molecule has 1 aromatic heterocycles. The van der Waals surface area contributed by atoms with Gasteiger partial charge in [-0.2, -0.15) is 0 Å². The fourth-order valence-corrected chi connectivity index (χ4v) is 4.67. The summed E-state index contributed by atoms with van der Waals surface area (Å²) in [6.07, 6.45) is 3.18. The second-order valence-electron chi connectivity index (χ2n) is 7.87. The first-order valence-electron chi connectivity index (χ1n) is 10.5. The third kappa shape index (κ3) is 4.73. The maximum atomic E-state index is 12.5. The van der Waals surface area contributed by atoms with Crippen LogP contribution in [0.1, 0.15) is 48.3 Å². The van der Waals surface area contributed by atoms with Gasteiger partial charge < -0.3 is 20.8 Å². The summed E-state index contributed by atoms with van der Waals surface area (Å²) in [7, 11) is 0. The van der Waals surface area contributed by atoms with Gasteiger partial charge in [-0.3, -0.25) is 10.2 Å². The standard InChI is InChI=1S/C23H26N6O2S/c1-13(14(2)24)18-19-20(32-21(18)25)22(28-12-27-19)26-11-15-3-5-16(6-4-15)23(30)29-17-7-9-31-10-8-17/h3-6,12,17,24-25H,7-11H2,1-2H3,(H,29,30)(H,26,27,28)/b18-13-,24-14?,25-21?. The molecule has 1 saturated heterocycles. The average molecular weight is 451 g/mol. The van der Waals surface area contributed by atoms with Crippen LogP contribution in [0.3, 0.4) is 0 Å². The molecule has 8 nitrogen and oxygen atoms in total. The van der Waals surface area contributed by atoms with E-state index in [9.17, 15) is 4.79 Å². The number of rotatable bonds is 6. The monoisotopic (exact) mass is 450 g/mol. The van der Waals surface area contributed by atoms with Crippen molar-refractivity contribution < 1.29 is 9.53 Å². The number of ether oxygens (including phenoxy) is 1. The summed E-state index contributed by atoms with van der Waals surface area (Å²) >= 11 is 1.31. The summed E-state index contributed by atoms with van der Waals surface area (Å²) < 4.78 is 5.34. The van der Waals surface area contributed by atoms with Crippen molar-refractivity contribution >= 4 is 39.8 Å². The lowest BCUT2D eigenvalue weighted by Crippen LogP contribution is -2.38. The number of anilines is 1. The molecule has 32 heavy (non-hydrogen) atoms. The third-order valence-corrected chi connectivity index (χ3v) is 6.64. The van der Waals surface area contributed by atoms with Crippen molar-refractivity contribution in [2.24, 2.45) is 0 Å². The van der Waals surface area contributed by atoms with Gasteiger partial charge >= 0.3 is 0 Å². The molecule has 0 unspecified atom stereocenters. The minimum atomic E-state index is -0.0591. The van der Waals surface area contributed by atoms with E-state index in [1.807, 2.05) is 31.2 Å². The van der Waals surface area contributed by atoms with E-state index in [0.29, 0.717) is 53.2 Å². The van der Waals surface area contributed by atoms with Crippen LogP contribution in [-0.4, -0.2) is 45.9 Å². The normalized spacial score (nSPS) is 17.6. The molecule has 0 saturated carbocycles. The number of carbonyl (C=O) groups is 1. The molecule has 166 valence electrons. The zero-order valence-corrected chi connectivity index (χ0v) is 18.9. The van der Waals surface area contributed by atoms with E-state index >= 15 is 0 Å². The van der Waals surface area contributed by atoms with Gasteiger partial charge in [0.05, 0.1) is 10.6 Å². The first kappa shape index (κ1) is 22.2. The van der Waals surface area contributed by atoms with E-state index in [4.69, 9.17) is 15.6 Å². The predicted molar refractivity (Wildman–Crippen MR) is 127 cm³/mol. The van der Waals surface area contributed by atoms with Crippen molar-refractivity contribution in [3.05, 3.63) is 53.0 Å². The van der Waals surface area contributed by atoms with Crippen LogP contribution in [0.25, 0.3) is 5.57 Å². The molecule has 0 bridgehead atoms. The Hall–Kier alpha value is -3.04. The van der Waals surface area contributed by atoms with Crippen molar-refractivity contribution in [1.82, 2.24) is 15.3 Å². The zero-order valence-electron chi connectivity index (χ0n) is 18.1. The van der Waals surface area contributed by atoms with E-state index in [-0.39, 0.29) is 11.9 Å². The molecular weight excluding hydrogens is 424 g/mol. The molecule has 4 N–H and O–H groups in total. The number of thioether (sulfide) groups is 1. The molecule has 9 heteroatoms. The van der Waals surface area contributed by atoms with Crippen LogP contribution >= 0.6 is 11.8 Å². The quantitative estimate of drug-likeness (QED) is 0.495. The molecule has 1 fully saturated rings. The Kier molecular flexibility index (Phi) is 6.66. The first-order chi connectivity index (χ1) is 15.4. The Morgan fingerprint density at radius 3 is 2.59 bits per heavy atom. The first-order valence-corrected chi connectivity index (χ1v) is 11.4. The number of aromatic nitrogens is 2. The minimum Gasteiger partial charge on any atom is -0.381 e. The lowest BCUT2D eigenvalue weighted by molar-refractivity contribution is 0.0696. The number of hydrogen-bond acceptors (Lipinski definition) is 8. The fraction of sp³-hybridized carbons (Fsp3) is 0.348. The van der Waals surface area contributed by atoms with Gasteiger partial charge in [0.1, 0.15) is 17.2 Å². The number of allylic oxidation sites excluding steroid dienone is 1. The van der Waals surface area contributed by atoms with E-state index in [0.717, 1.165) is 28.9 Å². The lowest BCUT2D eigenvalue weighted by atomic mass is 10.0. The highest BCUT2D eigenvalue weighted by atomic mass is 32.2. The smallest absolute Gasteiger partial charge is 0.251 e. The maximum absolute atomic E-state index is 12.5. The molecule has 2 aliphatic heterocycles. The molecule has 0 radical (unpaired) electrons. The second kappa shape index (κ2) is 9.62. The molecule has 0 aliphatic carbocycles. The van der Waals surface area contributed by atoms with Gasteiger partial charge in [0.2, 0.25) is 0 Å². The van der Waals surface area contributed by atoms with Crippen molar-refractivity contribution in [3.63, 3.8) is 0 Å². The Bertz CT molecular complexity index is 1090. The number of amides is 1. The summed E-state index contributed by atoms with van der Waals surface area (Å²) in [6.45, 7) is 5.47. The SMILES string of the molecule is CC(=N)/C(C)=C1\C(=N)Sc2c(NCc3ccc(C(=O)NC4CCOCC4)cc3)ncnc21. The number of nitrogens with one attached hydrogen (secondary N) is 4. The Labute approximate surface area is 191 Å². The predicted octanol–water partition coefficient (Wildman–Crippen LogP) is 3.89. The second-order valence-corrected chi connectivity index (χ2v) is 8.89. The Balaban J connectivity index is 1.43. The van der Waals surface area contributed by atoms with Crippen LogP contribution in [0.5, 0.6) is 0 Å².